The molecule has 1 aliphatic heterocycles. The fourth-order valence-corrected chi connectivity index (χ4v) is 2.47. The summed E-state index contributed by atoms with van der Waals surface area (Å²) in [6.07, 6.45) is 2.89. The summed E-state index contributed by atoms with van der Waals surface area (Å²) >= 11 is 0. The molecule has 1 amide bonds. The number of nitrogens with one attached hydrogen (secondary N) is 1. The first-order valence-electron chi connectivity index (χ1n) is 6.44. The fourth-order valence-electron chi connectivity index (χ4n) is 2.47. The number of amides is 1. The molecule has 1 aromatic heterocycles. The van der Waals surface area contributed by atoms with Gasteiger partial charge in [-0.3, -0.25) is 5.32 Å². The largest absolute Gasteiger partial charge is 0.465 e. The Morgan fingerprint density at radius 1 is 1.50 bits per heavy atom. The summed E-state index contributed by atoms with van der Waals surface area (Å²) in [6, 6.07) is 2.82. The quantitative estimate of drug-likeness (QED) is 0.886. The molecule has 1 aromatic carbocycles. The van der Waals surface area contributed by atoms with Crippen molar-refractivity contribution in [3.05, 3.63) is 24.1 Å². The fraction of sp³-hybridized carbons (Fsp3) is 0.385. The molecule has 1 unspecified atom stereocenters. The maximum Gasteiger partial charge on any atom is 0.409 e. The summed E-state index contributed by atoms with van der Waals surface area (Å²) in [4.78, 5) is 10.7. The molecule has 2 heterocycles. The highest BCUT2D eigenvalue weighted by molar-refractivity contribution is 5.98. The summed E-state index contributed by atoms with van der Waals surface area (Å²) in [5.74, 6) is -0.621. The average Bonchev–Trinajstić information content (AvgIpc) is 2.87. The Kier molecular flexibility index (Phi) is 3.27. The molecule has 0 radical (unpaired) electrons. The molecule has 0 spiro atoms. The second-order valence-corrected chi connectivity index (χ2v) is 4.70. The topological polar surface area (TPSA) is 76.4 Å². The van der Waals surface area contributed by atoms with Crippen molar-refractivity contribution in [3.63, 3.8) is 0 Å². The van der Waals surface area contributed by atoms with Crippen LogP contribution in [0.25, 0.3) is 10.9 Å². The third kappa shape index (κ3) is 2.20. The lowest BCUT2D eigenvalue weighted by Gasteiger charge is -2.23. The van der Waals surface area contributed by atoms with E-state index >= 15 is 0 Å². The molecular weight excluding hydrogens is 265 g/mol. The lowest BCUT2D eigenvalue weighted by molar-refractivity contribution is -0.0366. The summed E-state index contributed by atoms with van der Waals surface area (Å²) in [6.45, 7) is 0.674. The molecule has 6 nitrogen and oxygen atoms in total. The van der Waals surface area contributed by atoms with Crippen LogP contribution in [0.4, 0.5) is 14.9 Å². The van der Waals surface area contributed by atoms with Crippen LogP contribution in [-0.4, -0.2) is 27.6 Å². The minimum Gasteiger partial charge on any atom is -0.465 e. The lowest BCUT2D eigenvalue weighted by atomic mass is 10.1. The van der Waals surface area contributed by atoms with Crippen LogP contribution >= 0.6 is 0 Å². The predicted octanol–water partition coefficient (Wildman–Crippen LogP) is 2.96. The van der Waals surface area contributed by atoms with Crippen molar-refractivity contribution in [2.45, 2.75) is 25.5 Å². The molecule has 1 aliphatic rings. The number of rotatable bonds is 2. The molecule has 106 valence electrons. The highest BCUT2D eigenvalue weighted by Crippen LogP contribution is 2.31. The van der Waals surface area contributed by atoms with Crippen molar-refractivity contribution in [1.82, 2.24) is 9.78 Å². The van der Waals surface area contributed by atoms with E-state index in [1.807, 2.05) is 0 Å². The molecule has 2 N–H and O–H groups in total. The Labute approximate surface area is 114 Å². The van der Waals surface area contributed by atoms with E-state index in [2.05, 4.69) is 10.4 Å². The van der Waals surface area contributed by atoms with Gasteiger partial charge in [0.25, 0.3) is 0 Å². The lowest BCUT2D eigenvalue weighted by Crippen LogP contribution is -2.19. The van der Waals surface area contributed by atoms with Gasteiger partial charge in [0.2, 0.25) is 0 Å². The SMILES string of the molecule is O=C(O)Nc1c(F)ccc2c1cnn2C1CCCCO1. The van der Waals surface area contributed by atoms with Crippen molar-refractivity contribution in [2.75, 3.05) is 11.9 Å². The Morgan fingerprint density at radius 3 is 3.05 bits per heavy atom. The maximum atomic E-state index is 13.7. The minimum absolute atomic E-state index is 0.0722. The van der Waals surface area contributed by atoms with E-state index < -0.39 is 11.9 Å². The van der Waals surface area contributed by atoms with Gasteiger partial charge in [0.15, 0.2) is 6.23 Å². The van der Waals surface area contributed by atoms with Crippen LogP contribution in [-0.2, 0) is 4.74 Å². The molecule has 3 rings (SSSR count). The van der Waals surface area contributed by atoms with Crippen molar-refractivity contribution in [1.29, 1.82) is 0 Å². The molecule has 0 saturated carbocycles. The zero-order valence-corrected chi connectivity index (χ0v) is 10.7. The van der Waals surface area contributed by atoms with E-state index in [1.165, 1.54) is 12.3 Å². The summed E-state index contributed by atoms with van der Waals surface area (Å²) in [5, 5.41) is 15.5. The van der Waals surface area contributed by atoms with Gasteiger partial charge >= 0.3 is 6.09 Å². The van der Waals surface area contributed by atoms with E-state index in [0.717, 1.165) is 19.3 Å². The van der Waals surface area contributed by atoms with Crippen LogP contribution in [0, 0.1) is 5.82 Å². The third-order valence-corrected chi connectivity index (χ3v) is 3.39. The summed E-state index contributed by atoms with van der Waals surface area (Å²) in [7, 11) is 0. The van der Waals surface area contributed by atoms with E-state index in [0.29, 0.717) is 17.5 Å². The average molecular weight is 279 g/mol. The highest BCUT2D eigenvalue weighted by Gasteiger charge is 2.21. The summed E-state index contributed by atoms with van der Waals surface area (Å²) in [5.41, 5.74) is 0.583. The number of nitrogens with zero attached hydrogens (tertiary/aromatic N) is 2. The smallest absolute Gasteiger partial charge is 0.409 e. The summed E-state index contributed by atoms with van der Waals surface area (Å²) < 4.78 is 21.1. The van der Waals surface area contributed by atoms with Gasteiger partial charge in [-0.15, -0.1) is 0 Å². The van der Waals surface area contributed by atoms with Crippen LogP contribution < -0.4 is 5.32 Å². The van der Waals surface area contributed by atoms with Crippen LogP contribution in [0.3, 0.4) is 0 Å². The number of aromatic nitrogens is 2. The molecule has 2 aromatic rings. The number of anilines is 1. The second kappa shape index (κ2) is 5.09. The van der Waals surface area contributed by atoms with Crippen molar-refractivity contribution >= 4 is 22.7 Å². The van der Waals surface area contributed by atoms with E-state index in [9.17, 15) is 9.18 Å². The van der Waals surface area contributed by atoms with Crippen LogP contribution in [0.5, 0.6) is 0 Å². The molecule has 20 heavy (non-hydrogen) atoms. The number of fused-ring (bicyclic) bond motifs is 1. The molecule has 7 heteroatoms. The number of carbonyl (C=O) groups is 1. The first-order valence-corrected chi connectivity index (χ1v) is 6.44. The van der Waals surface area contributed by atoms with Crippen molar-refractivity contribution in [3.8, 4) is 0 Å². The van der Waals surface area contributed by atoms with Crippen molar-refractivity contribution < 1.29 is 19.0 Å². The first kappa shape index (κ1) is 12.9. The van der Waals surface area contributed by atoms with Gasteiger partial charge in [-0.2, -0.15) is 5.10 Å². The highest BCUT2D eigenvalue weighted by atomic mass is 19.1. The minimum atomic E-state index is -1.31. The zero-order valence-electron chi connectivity index (χ0n) is 10.7. The molecule has 1 saturated heterocycles. The van der Waals surface area contributed by atoms with Gasteiger partial charge < -0.3 is 9.84 Å². The molecule has 1 fully saturated rings. The van der Waals surface area contributed by atoms with Gasteiger partial charge in [0, 0.05) is 12.0 Å². The second-order valence-electron chi connectivity index (χ2n) is 4.70. The molecule has 0 bridgehead atoms. The van der Waals surface area contributed by atoms with Gasteiger partial charge in [-0.1, -0.05) is 0 Å². The Bertz CT molecular complexity index is 650. The van der Waals surface area contributed by atoms with Crippen molar-refractivity contribution in [2.24, 2.45) is 0 Å². The van der Waals surface area contributed by atoms with Crippen LogP contribution in [0.1, 0.15) is 25.5 Å². The number of carboxylic acid groups (broad SMARTS) is 1. The third-order valence-electron chi connectivity index (χ3n) is 3.39. The van der Waals surface area contributed by atoms with Gasteiger partial charge in [-0.25, -0.2) is 13.9 Å². The Hall–Kier alpha value is -2.15. The van der Waals surface area contributed by atoms with Gasteiger partial charge in [0.1, 0.15) is 5.82 Å². The number of hydrogen-bond acceptors (Lipinski definition) is 3. The van der Waals surface area contributed by atoms with Gasteiger partial charge in [0.05, 0.1) is 17.4 Å². The Balaban J connectivity index is 2.06. The first-order chi connectivity index (χ1) is 9.66. The normalized spacial score (nSPS) is 19.1. The molecular formula is C13H14FN3O3. The number of halogens is 1. The number of ether oxygens (including phenoxy) is 1. The van der Waals surface area contributed by atoms with E-state index in [-0.39, 0.29) is 11.9 Å². The standard InChI is InChI=1S/C13H14FN3O3/c14-9-4-5-10-8(12(9)16-13(18)19)7-15-17(10)11-3-1-2-6-20-11/h4-5,7,11,16H,1-3,6H2,(H,18,19). The van der Waals surface area contributed by atoms with E-state index in [1.54, 1.807) is 10.7 Å². The number of hydrogen-bond donors (Lipinski definition) is 2. The van der Waals surface area contributed by atoms with Gasteiger partial charge in [-0.05, 0) is 31.4 Å². The number of benzene rings is 1. The zero-order chi connectivity index (χ0) is 14.1. The molecule has 0 aliphatic carbocycles. The monoisotopic (exact) mass is 279 g/mol. The molecule has 1 atom stereocenters. The maximum absolute atomic E-state index is 13.7. The van der Waals surface area contributed by atoms with E-state index in [4.69, 9.17) is 9.84 Å². The van der Waals surface area contributed by atoms with Crippen LogP contribution in [0.15, 0.2) is 18.3 Å². The predicted molar refractivity (Wildman–Crippen MR) is 70.2 cm³/mol. The Morgan fingerprint density at radius 2 is 2.35 bits per heavy atom. The van der Waals surface area contributed by atoms with Crippen LogP contribution in [0.2, 0.25) is 0 Å².